The van der Waals surface area contributed by atoms with E-state index in [0.717, 1.165) is 0 Å². The van der Waals surface area contributed by atoms with Crippen LogP contribution in [0.15, 0.2) is 0 Å². The maximum Gasteiger partial charge on any atom is 0.472 e. The molecule has 0 saturated carbocycles. The summed E-state index contributed by atoms with van der Waals surface area (Å²) in [5.41, 5.74) is -3.57. The zero-order chi connectivity index (χ0) is 74.2. The number of hydrogen-bond acceptors (Lipinski definition) is 25. The summed E-state index contributed by atoms with van der Waals surface area (Å²) < 4.78 is 199. The Bertz CT molecular complexity index is 2940. The second-order valence-electron chi connectivity index (χ2n) is 27.4. The lowest BCUT2D eigenvalue weighted by Crippen LogP contribution is -2.32. The molecule has 6 saturated heterocycles. The van der Waals surface area contributed by atoms with Gasteiger partial charge in [-0.2, -0.15) is 0 Å². The van der Waals surface area contributed by atoms with Gasteiger partial charge in [-0.3, -0.25) is 45.6 Å². The van der Waals surface area contributed by atoms with Crippen LogP contribution >= 0.6 is 68.6 Å². The molecule has 0 aromatic carbocycles. The largest absolute Gasteiger partial charge is 0.472 e. The lowest BCUT2D eigenvalue weighted by Gasteiger charge is -2.27. The molecule has 0 aliphatic carbocycles. The van der Waals surface area contributed by atoms with Gasteiger partial charge in [0.1, 0.15) is 24.4 Å². The second-order valence-corrected chi connectivity index (χ2v) is 46.9. The van der Waals surface area contributed by atoms with Crippen LogP contribution in [0.4, 0.5) is 0 Å². The number of hydrogen-bond donors (Lipinski definition) is 9. The fraction of sp³-hybridized carbons (Fsp3) is 1.00. The van der Waals surface area contributed by atoms with Crippen molar-refractivity contribution in [2.24, 2.45) is 0 Å². The third-order valence-corrected chi connectivity index (χ3v) is 31.4. The Balaban J connectivity index is 0.000000330. The first-order valence-corrected chi connectivity index (χ1v) is 47.5. The summed E-state index contributed by atoms with van der Waals surface area (Å²) in [6.07, 6.45) is -11.7. The van der Waals surface area contributed by atoms with E-state index in [1.165, 1.54) is 27.7 Å². The van der Waals surface area contributed by atoms with Crippen LogP contribution in [0.1, 0.15) is 163 Å². The van der Waals surface area contributed by atoms with Gasteiger partial charge in [0.15, 0.2) is 0 Å². The molecule has 6 aliphatic heterocycles. The topological polar surface area (TPSA) is 483 Å². The van der Waals surface area contributed by atoms with Gasteiger partial charge in [-0.1, -0.05) is 83.1 Å². The summed E-state index contributed by atoms with van der Waals surface area (Å²) in [5, 5.41) is 0. The molecule has 0 amide bonds. The zero-order valence-electron chi connectivity index (χ0n) is 58.6. The molecule has 9 N–H and O–H groups in total. The van der Waals surface area contributed by atoms with E-state index in [1.807, 2.05) is 6.92 Å². The summed E-state index contributed by atoms with van der Waals surface area (Å²) in [4.78, 5) is 91.3. The van der Waals surface area contributed by atoms with Crippen LogP contribution in [-0.2, 0) is 115 Å². The van der Waals surface area contributed by atoms with Gasteiger partial charge in [-0.05, 0) is 41.5 Å². The predicted octanol–water partition coefficient (Wildman–Crippen LogP) is 10.4. The Morgan fingerprint density at radius 1 is 0.278 bits per heavy atom. The highest BCUT2D eigenvalue weighted by molar-refractivity contribution is 7.55. The van der Waals surface area contributed by atoms with Crippen molar-refractivity contribution >= 4 is 68.6 Å². The van der Waals surface area contributed by atoms with E-state index in [-0.39, 0.29) is 69.6 Å². The van der Waals surface area contributed by atoms with Crippen molar-refractivity contribution in [3.63, 3.8) is 0 Å². The van der Waals surface area contributed by atoms with Crippen LogP contribution in [0.5, 0.6) is 0 Å². The van der Waals surface area contributed by atoms with Gasteiger partial charge < -0.3 is 109 Å². The van der Waals surface area contributed by atoms with Crippen molar-refractivity contribution in [1.29, 1.82) is 0 Å². The summed E-state index contributed by atoms with van der Waals surface area (Å²) >= 11 is 0. The smallest absolute Gasteiger partial charge is 0.372 e. The van der Waals surface area contributed by atoms with Crippen molar-refractivity contribution in [3.8, 4) is 0 Å². The van der Waals surface area contributed by atoms with Gasteiger partial charge in [0, 0.05) is 38.5 Å². The Morgan fingerprint density at radius 3 is 0.691 bits per heavy atom. The lowest BCUT2D eigenvalue weighted by atomic mass is 10.1. The minimum Gasteiger partial charge on any atom is -0.372 e. The van der Waals surface area contributed by atoms with E-state index in [0.29, 0.717) is 19.3 Å². The molecule has 6 fully saturated rings. The number of ether oxygens (including phenoxy) is 6. The molecule has 0 aromatic rings. The van der Waals surface area contributed by atoms with Crippen LogP contribution in [0.2, 0.25) is 0 Å². The van der Waals surface area contributed by atoms with E-state index in [9.17, 15) is 85.1 Å². The molecule has 6 heterocycles. The number of phosphoric acid groups is 1. The summed E-state index contributed by atoms with van der Waals surface area (Å²) in [6, 6.07) is 0. The van der Waals surface area contributed by atoms with Crippen LogP contribution in [-0.4, -0.2) is 227 Å². The third-order valence-electron chi connectivity index (χ3n) is 16.5. The average molecular weight is 1580 g/mol. The standard InChI is InChI=1S/C24H48O16P4.C18H37O11P3.C12H26O7P2/c1-14(2)42(27,28)33-11-22-19(8-16(5)35-22)38-41(25,26)13-24-21(10-18(7)37-24)40-44(31,32)34-12-23-20(9-17(6)36-23)39-43(29,30)15(3)4;1-11(2)31(21,22)25-9-17-15(7-13(5)26-17)28-30(19,20)10-18-16(8-14(6)27-18)29-32(23,24)12(3)4;1-8(2)20(13,14)17-7-12-11(6-10(5)18-12)19-21(15,16)9(3)4/h14-24H,8-13H2,1-7H3,(H,25,26)(H,27,28)(H,29,30)(H,31,32);11-18H,7-10H2,1-6H3,(H,19,20)(H,21,22)(H,23,24);8-12H,6-7H2,1-5H3,(H,13,14)(H,15,16)/t16-,17-,18-,19-,20-,21-,22+,23?,24?;13-,14-,15-,16-,17+,18?;10-,11-,12+/m000/s1. The van der Waals surface area contributed by atoms with E-state index in [4.69, 9.17) is 73.7 Å². The van der Waals surface area contributed by atoms with Gasteiger partial charge in [0.05, 0.1) is 158 Å². The first-order valence-electron chi connectivity index (χ1n) is 32.6. The number of rotatable bonds is 34. The maximum atomic E-state index is 13.2. The lowest BCUT2D eigenvalue weighted by molar-refractivity contribution is -0.0232. The fourth-order valence-corrected chi connectivity index (χ4v) is 18.9. The van der Waals surface area contributed by atoms with Gasteiger partial charge in [-0.15, -0.1) is 0 Å². The molecule has 43 heteroatoms. The minimum absolute atomic E-state index is 0.115. The molecule has 0 aromatic heterocycles. The molecular weight excluding hydrogens is 1470 g/mol. The second kappa shape index (κ2) is 37.3. The quantitative estimate of drug-likeness (QED) is 0.0270. The molecule has 0 bridgehead atoms. The van der Waals surface area contributed by atoms with E-state index < -0.39 is 201 Å². The molecule has 0 radical (unpaired) electrons. The Hall–Kier alpha value is 1.07. The summed E-state index contributed by atoms with van der Waals surface area (Å²) in [5.74, 6) is 0. The van der Waals surface area contributed by atoms with Crippen molar-refractivity contribution in [2.45, 2.75) is 307 Å². The molecule has 27 atom stereocenters. The van der Waals surface area contributed by atoms with Crippen molar-refractivity contribution in [3.05, 3.63) is 0 Å². The highest BCUT2D eigenvalue weighted by Gasteiger charge is 2.50. The van der Waals surface area contributed by atoms with Gasteiger partial charge in [-0.25, -0.2) is 4.57 Å². The Morgan fingerprint density at radius 2 is 0.464 bits per heavy atom. The molecule has 576 valence electrons. The average Bonchev–Trinajstić information content (AvgIpc) is 1.73. The van der Waals surface area contributed by atoms with Crippen molar-refractivity contribution in [2.75, 3.05) is 38.8 Å². The monoisotopic (exact) mass is 1580 g/mol. The van der Waals surface area contributed by atoms with Crippen LogP contribution in [0, 0.1) is 0 Å². The van der Waals surface area contributed by atoms with E-state index in [2.05, 4.69) is 0 Å². The van der Waals surface area contributed by atoms with Crippen molar-refractivity contribution < 1.29 is 159 Å². The molecular formula is C54H111O34P9. The first kappa shape index (κ1) is 90.5. The zero-order valence-corrected chi connectivity index (χ0v) is 66.6. The molecule has 34 nitrogen and oxygen atoms in total. The Labute approximate surface area is 570 Å². The third kappa shape index (κ3) is 29.3. The van der Waals surface area contributed by atoms with Gasteiger partial charge >= 0.3 is 68.6 Å². The van der Waals surface area contributed by atoms with Gasteiger partial charge in [0.2, 0.25) is 0 Å². The highest BCUT2D eigenvalue weighted by atomic mass is 31.2. The molecule has 97 heavy (non-hydrogen) atoms. The molecule has 6 rings (SSSR count). The van der Waals surface area contributed by atoms with Crippen LogP contribution < -0.4 is 0 Å². The minimum atomic E-state index is -4.77. The van der Waals surface area contributed by atoms with Crippen LogP contribution in [0.25, 0.3) is 0 Å². The maximum absolute atomic E-state index is 13.2. The normalized spacial score (nSPS) is 36.6. The van der Waals surface area contributed by atoms with Gasteiger partial charge in [0.25, 0.3) is 0 Å². The Kier molecular flexibility index (Phi) is 34.7. The highest BCUT2D eigenvalue weighted by Crippen LogP contribution is 2.58. The first-order chi connectivity index (χ1) is 44.1. The summed E-state index contributed by atoms with van der Waals surface area (Å²) in [7, 11) is -36.4. The fourth-order valence-electron chi connectivity index (χ4n) is 10.4. The van der Waals surface area contributed by atoms with Crippen molar-refractivity contribution in [1.82, 2.24) is 0 Å². The SMILES string of the molecule is CC(C)P(=O)(O)OC[C@H]1O[C@@H](C)C[C@@H]1OP(=O)(O)C(C)C.CC(C)P(=O)(O)OC[C@H]1O[C@@H](C)C[C@@H]1OP(=O)(O)CC1O[C@@H](C)C[C@@H]1OP(=O)(O)C(C)C.CC(C)P(=O)(O)OC[C@H]1O[C@@H](C)C[C@@H]1OP(=O)(O)CC1O[C@@H](C)C[C@@H]1OP(=O)(O)OCC1O[C@@H](C)C[C@@H]1OP(=O)(O)C(C)C. The van der Waals surface area contributed by atoms with E-state index in [1.54, 1.807) is 90.0 Å². The van der Waals surface area contributed by atoms with E-state index >= 15 is 0 Å². The molecule has 0 spiro atoms. The summed E-state index contributed by atoms with van der Waals surface area (Å²) in [6.45, 7) is 28.0. The molecule has 6 aliphatic rings. The van der Waals surface area contributed by atoms with Crippen LogP contribution in [0.3, 0.4) is 0 Å². The predicted molar refractivity (Wildman–Crippen MR) is 356 cm³/mol. The number of phosphoric ester groups is 1. The molecule has 12 unspecified atom stereocenters.